The maximum absolute atomic E-state index is 12.6. The molecule has 0 heterocycles. The van der Waals surface area contributed by atoms with E-state index in [1.54, 1.807) is 32.4 Å². The van der Waals surface area contributed by atoms with Crippen molar-refractivity contribution in [2.24, 2.45) is 0 Å². The molecule has 0 saturated carbocycles. The van der Waals surface area contributed by atoms with Crippen molar-refractivity contribution < 1.29 is 14.3 Å². The summed E-state index contributed by atoms with van der Waals surface area (Å²) in [6, 6.07) is 11.2. The lowest BCUT2D eigenvalue weighted by Crippen LogP contribution is -2.15. The van der Waals surface area contributed by atoms with Crippen LogP contribution < -0.4 is 14.8 Å². The van der Waals surface area contributed by atoms with E-state index in [9.17, 15) is 4.79 Å². The van der Waals surface area contributed by atoms with Gasteiger partial charge in [0.25, 0.3) is 5.91 Å². The minimum Gasteiger partial charge on any atom is -0.493 e. The van der Waals surface area contributed by atoms with Crippen molar-refractivity contribution in [1.29, 1.82) is 0 Å². The smallest absolute Gasteiger partial charge is 0.255 e. The third-order valence-corrected chi connectivity index (χ3v) is 3.81. The fourth-order valence-electron chi connectivity index (χ4n) is 2.51. The number of nitrogens with one attached hydrogen (secondary N) is 1. The van der Waals surface area contributed by atoms with Crippen LogP contribution in [0.1, 0.15) is 41.3 Å². The van der Waals surface area contributed by atoms with E-state index in [2.05, 4.69) is 19.2 Å². The zero-order valence-electron chi connectivity index (χ0n) is 14.3. The van der Waals surface area contributed by atoms with Gasteiger partial charge in [-0.05, 0) is 42.2 Å². The predicted molar refractivity (Wildman–Crippen MR) is 92.8 cm³/mol. The van der Waals surface area contributed by atoms with E-state index in [0.29, 0.717) is 23.0 Å². The van der Waals surface area contributed by atoms with Crippen molar-refractivity contribution in [3.05, 3.63) is 53.1 Å². The molecule has 0 saturated heterocycles. The zero-order chi connectivity index (χ0) is 17.0. The second kappa shape index (κ2) is 7.18. The maximum Gasteiger partial charge on any atom is 0.255 e. The summed E-state index contributed by atoms with van der Waals surface area (Å²) in [5.41, 5.74) is 3.58. The minimum absolute atomic E-state index is 0.165. The summed E-state index contributed by atoms with van der Waals surface area (Å²) in [6.07, 6.45) is 0. The Hall–Kier alpha value is -2.49. The Balaban J connectivity index is 2.33. The number of ether oxygens (including phenoxy) is 2. The maximum atomic E-state index is 12.6. The Labute approximate surface area is 137 Å². The first-order chi connectivity index (χ1) is 11.0. The van der Waals surface area contributed by atoms with Gasteiger partial charge in [-0.1, -0.05) is 32.0 Å². The summed E-state index contributed by atoms with van der Waals surface area (Å²) < 4.78 is 10.5. The van der Waals surface area contributed by atoms with Crippen molar-refractivity contribution in [3.8, 4) is 11.5 Å². The number of amides is 1. The van der Waals surface area contributed by atoms with Gasteiger partial charge in [-0.25, -0.2) is 0 Å². The van der Waals surface area contributed by atoms with Crippen LogP contribution in [-0.4, -0.2) is 20.1 Å². The molecule has 2 aromatic carbocycles. The van der Waals surface area contributed by atoms with Gasteiger partial charge in [-0.2, -0.15) is 0 Å². The van der Waals surface area contributed by atoms with Crippen LogP contribution in [0.25, 0.3) is 0 Å². The standard InChI is InChI=1S/C19H23NO3/c1-12(2)15-8-6-7-13(3)18(15)20-19(21)14-9-10-16(22-4)17(11-14)23-5/h6-12H,1-5H3,(H,20,21). The Bertz CT molecular complexity index is 708. The van der Waals surface area contributed by atoms with Crippen LogP contribution in [0.5, 0.6) is 11.5 Å². The van der Waals surface area contributed by atoms with Crippen molar-refractivity contribution in [2.75, 3.05) is 19.5 Å². The van der Waals surface area contributed by atoms with Crippen LogP contribution in [0.4, 0.5) is 5.69 Å². The molecule has 0 bridgehead atoms. The monoisotopic (exact) mass is 313 g/mol. The molecule has 0 unspecified atom stereocenters. The molecule has 0 aliphatic heterocycles. The van der Waals surface area contributed by atoms with Crippen LogP contribution in [0.3, 0.4) is 0 Å². The number of para-hydroxylation sites is 1. The molecule has 1 amide bonds. The first-order valence-electron chi connectivity index (χ1n) is 7.60. The third kappa shape index (κ3) is 3.65. The Kier molecular flexibility index (Phi) is 5.27. The lowest BCUT2D eigenvalue weighted by atomic mass is 9.98. The summed E-state index contributed by atoms with van der Waals surface area (Å²) in [5, 5.41) is 3.03. The fourth-order valence-corrected chi connectivity index (χ4v) is 2.51. The third-order valence-electron chi connectivity index (χ3n) is 3.81. The highest BCUT2D eigenvalue weighted by atomic mass is 16.5. The van der Waals surface area contributed by atoms with Crippen molar-refractivity contribution >= 4 is 11.6 Å². The van der Waals surface area contributed by atoms with Gasteiger partial charge in [0.1, 0.15) is 0 Å². The second-order valence-corrected chi connectivity index (χ2v) is 5.72. The van der Waals surface area contributed by atoms with Gasteiger partial charge < -0.3 is 14.8 Å². The summed E-state index contributed by atoms with van der Waals surface area (Å²) in [5.74, 6) is 1.30. The van der Waals surface area contributed by atoms with Crippen molar-refractivity contribution in [3.63, 3.8) is 0 Å². The van der Waals surface area contributed by atoms with Crippen molar-refractivity contribution in [1.82, 2.24) is 0 Å². The topological polar surface area (TPSA) is 47.6 Å². The number of anilines is 1. The summed E-state index contributed by atoms with van der Waals surface area (Å²) in [7, 11) is 3.12. The molecule has 2 rings (SSSR count). The molecule has 2 aromatic rings. The largest absolute Gasteiger partial charge is 0.493 e. The molecule has 0 aliphatic rings. The van der Waals surface area contributed by atoms with Crippen LogP contribution in [0, 0.1) is 6.92 Å². The van der Waals surface area contributed by atoms with Crippen LogP contribution in [-0.2, 0) is 0 Å². The molecule has 4 heteroatoms. The number of benzene rings is 2. The highest BCUT2D eigenvalue weighted by molar-refractivity contribution is 6.05. The summed E-state index contributed by atoms with van der Waals surface area (Å²) in [6.45, 7) is 6.22. The lowest BCUT2D eigenvalue weighted by Gasteiger charge is -2.17. The highest BCUT2D eigenvalue weighted by Crippen LogP contribution is 2.30. The molecule has 0 radical (unpaired) electrons. The second-order valence-electron chi connectivity index (χ2n) is 5.72. The van der Waals surface area contributed by atoms with Gasteiger partial charge in [0.05, 0.1) is 14.2 Å². The van der Waals surface area contributed by atoms with Gasteiger partial charge in [-0.15, -0.1) is 0 Å². The van der Waals surface area contributed by atoms with Gasteiger partial charge in [-0.3, -0.25) is 4.79 Å². The van der Waals surface area contributed by atoms with Crippen LogP contribution in [0.2, 0.25) is 0 Å². The molecular weight excluding hydrogens is 290 g/mol. The molecule has 23 heavy (non-hydrogen) atoms. The number of carbonyl (C=O) groups excluding carboxylic acids is 1. The highest BCUT2D eigenvalue weighted by Gasteiger charge is 2.15. The number of hydrogen-bond donors (Lipinski definition) is 1. The van der Waals surface area contributed by atoms with Gasteiger partial charge >= 0.3 is 0 Å². The molecule has 0 fully saturated rings. The van der Waals surface area contributed by atoms with E-state index < -0.39 is 0 Å². The average molecular weight is 313 g/mol. The quantitative estimate of drug-likeness (QED) is 0.890. The molecule has 1 N–H and O–H groups in total. The van der Waals surface area contributed by atoms with Crippen molar-refractivity contribution in [2.45, 2.75) is 26.7 Å². The number of aryl methyl sites for hydroxylation is 1. The fraction of sp³-hybridized carbons (Fsp3) is 0.316. The summed E-state index contributed by atoms with van der Waals surface area (Å²) in [4.78, 5) is 12.6. The summed E-state index contributed by atoms with van der Waals surface area (Å²) >= 11 is 0. The number of methoxy groups -OCH3 is 2. The first kappa shape index (κ1) is 16.9. The zero-order valence-corrected chi connectivity index (χ0v) is 14.3. The SMILES string of the molecule is COc1ccc(C(=O)Nc2c(C)cccc2C(C)C)cc1OC. The average Bonchev–Trinajstić information content (AvgIpc) is 2.55. The number of carbonyl (C=O) groups is 1. The van der Waals surface area contributed by atoms with Crippen LogP contribution in [0.15, 0.2) is 36.4 Å². The Morgan fingerprint density at radius 1 is 1.04 bits per heavy atom. The molecule has 0 aliphatic carbocycles. The predicted octanol–water partition coefficient (Wildman–Crippen LogP) is 4.39. The molecular formula is C19H23NO3. The Morgan fingerprint density at radius 3 is 2.35 bits per heavy atom. The Morgan fingerprint density at radius 2 is 1.74 bits per heavy atom. The van der Waals surface area contributed by atoms with E-state index in [1.165, 1.54) is 0 Å². The minimum atomic E-state index is -0.165. The first-order valence-corrected chi connectivity index (χ1v) is 7.60. The molecule has 4 nitrogen and oxygen atoms in total. The molecule has 122 valence electrons. The van der Waals surface area contributed by atoms with E-state index in [0.717, 1.165) is 16.8 Å². The lowest BCUT2D eigenvalue weighted by molar-refractivity contribution is 0.102. The molecule has 0 atom stereocenters. The van der Waals surface area contributed by atoms with E-state index in [4.69, 9.17) is 9.47 Å². The normalized spacial score (nSPS) is 10.5. The molecule has 0 spiro atoms. The van der Waals surface area contributed by atoms with E-state index >= 15 is 0 Å². The number of hydrogen-bond acceptors (Lipinski definition) is 3. The van der Waals surface area contributed by atoms with Gasteiger partial charge in [0, 0.05) is 11.3 Å². The molecule has 0 aromatic heterocycles. The van der Waals surface area contributed by atoms with Crippen LogP contribution >= 0.6 is 0 Å². The van der Waals surface area contributed by atoms with E-state index in [-0.39, 0.29) is 5.91 Å². The van der Waals surface area contributed by atoms with Gasteiger partial charge in [0.2, 0.25) is 0 Å². The van der Waals surface area contributed by atoms with E-state index in [1.807, 2.05) is 25.1 Å². The number of rotatable bonds is 5. The van der Waals surface area contributed by atoms with Gasteiger partial charge in [0.15, 0.2) is 11.5 Å².